The van der Waals surface area contributed by atoms with E-state index >= 15 is 0 Å². The van der Waals surface area contributed by atoms with Crippen molar-refractivity contribution in [1.29, 1.82) is 0 Å². The SMILES string of the molecule is COc1ccc(CC(=O)NCC(C)(C)C(=O)O)c(OC)c1. The van der Waals surface area contributed by atoms with Gasteiger partial charge in [0.2, 0.25) is 5.91 Å². The van der Waals surface area contributed by atoms with Crippen LogP contribution in [0.3, 0.4) is 0 Å². The molecule has 1 amide bonds. The van der Waals surface area contributed by atoms with E-state index in [0.29, 0.717) is 17.1 Å². The number of hydrogen-bond acceptors (Lipinski definition) is 4. The predicted octanol–water partition coefficient (Wildman–Crippen LogP) is 1.47. The van der Waals surface area contributed by atoms with Crippen LogP contribution in [-0.4, -0.2) is 37.7 Å². The summed E-state index contributed by atoms with van der Waals surface area (Å²) in [6.07, 6.45) is 0.114. The van der Waals surface area contributed by atoms with Gasteiger partial charge in [0.25, 0.3) is 0 Å². The van der Waals surface area contributed by atoms with Gasteiger partial charge in [0.05, 0.1) is 26.1 Å². The maximum absolute atomic E-state index is 11.9. The molecule has 1 aromatic rings. The maximum atomic E-state index is 11.9. The van der Waals surface area contributed by atoms with E-state index in [9.17, 15) is 9.59 Å². The third-order valence-electron chi connectivity index (χ3n) is 3.15. The first-order valence-corrected chi connectivity index (χ1v) is 6.51. The zero-order chi connectivity index (χ0) is 16.0. The highest BCUT2D eigenvalue weighted by Crippen LogP contribution is 2.25. The highest BCUT2D eigenvalue weighted by Gasteiger charge is 2.27. The number of methoxy groups -OCH3 is 2. The van der Waals surface area contributed by atoms with Crippen molar-refractivity contribution in [2.75, 3.05) is 20.8 Å². The van der Waals surface area contributed by atoms with Gasteiger partial charge in [0, 0.05) is 18.2 Å². The zero-order valence-corrected chi connectivity index (χ0v) is 12.7. The van der Waals surface area contributed by atoms with Crippen LogP contribution >= 0.6 is 0 Å². The molecule has 21 heavy (non-hydrogen) atoms. The van der Waals surface area contributed by atoms with E-state index in [2.05, 4.69) is 5.32 Å². The largest absolute Gasteiger partial charge is 0.497 e. The quantitative estimate of drug-likeness (QED) is 0.795. The Morgan fingerprint density at radius 2 is 1.90 bits per heavy atom. The van der Waals surface area contributed by atoms with E-state index < -0.39 is 11.4 Å². The molecule has 6 nitrogen and oxygen atoms in total. The van der Waals surface area contributed by atoms with E-state index in [1.165, 1.54) is 7.11 Å². The summed E-state index contributed by atoms with van der Waals surface area (Å²) in [4.78, 5) is 22.9. The zero-order valence-electron chi connectivity index (χ0n) is 12.7. The fourth-order valence-electron chi connectivity index (χ4n) is 1.63. The number of amides is 1. The monoisotopic (exact) mass is 295 g/mol. The van der Waals surface area contributed by atoms with Gasteiger partial charge >= 0.3 is 5.97 Å². The molecule has 0 saturated carbocycles. The van der Waals surface area contributed by atoms with Crippen LogP contribution in [0.5, 0.6) is 11.5 Å². The minimum absolute atomic E-state index is 0.0691. The number of carboxylic acids is 1. The van der Waals surface area contributed by atoms with Gasteiger partial charge in [-0.15, -0.1) is 0 Å². The second-order valence-corrected chi connectivity index (χ2v) is 5.32. The Morgan fingerprint density at radius 3 is 2.43 bits per heavy atom. The maximum Gasteiger partial charge on any atom is 0.310 e. The average molecular weight is 295 g/mol. The van der Waals surface area contributed by atoms with Crippen molar-refractivity contribution >= 4 is 11.9 Å². The van der Waals surface area contributed by atoms with Crippen LogP contribution in [0.1, 0.15) is 19.4 Å². The van der Waals surface area contributed by atoms with Crippen LogP contribution in [0.2, 0.25) is 0 Å². The molecule has 1 rings (SSSR count). The van der Waals surface area contributed by atoms with Crippen LogP contribution in [0.4, 0.5) is 0 Å². The summed E-state index contributed by atoms with van der Waals surface area (Å²) >= 11 is 0. The molecule has 0 aromatic heterocycles. The lowest BCUT2D eigenvalue weighted by Crippen LogP contribution is -2.39. The molecule has 1 aromatic carbocycles. The normalized spacial score (nSPS) is 10.9. The van der Waals surface area contributed by atoms with Crippen LogP contribution in [0.15, 0.2) is 18.2 Å². The number of carboxylic acid groups (broad SMARTS) is 1. The van der Waals surface area contributed by atoms with Gasteiger partial charge < -0.3 is 19.9 Å². The lowest BCUT2D eigenvalue weighted by atomic mass is 9.94. The number of hydrogen-bond donors (Lipinski definition) is 2. The molecule has 0 fully saturated rings. The fraction of sp³-hybridized carbons (Fsp3) is 0.467. The van der Waals surface area contributed by atoms with Crippen LogP contribution in [-0.2, 0) is 16.0 Å². The summed E-state index contributed by atoms with van der Waals surface area (Å²) in [5.41, 5.74) is -0.288. The van der Waals surface area contributed by atoms with Crippen molar-refractivity contribution in [3.8, 4) is 11.5 Å². The Kier molecular flexibility index (Phi) is 5.58. The Hall–Kier alpha value is -2.24. The Labute approximate surface area is 124 Å². The molecule has 6 heteroatoms. The molecular formula is C15H21NO5. The Balaban J connectivity index is 2.69. The molecular weight excluding hydrogens is 274 g/mol. The van der Waals surface area contributed by atoms with Crippen LogP contribution in [0.25, 0.3) is 0 Å². The summed E-state index contributed by atoms with van der Waals surface area (Å²) in [5.74, 6) is -0.0115. The third kappa shape index (κ3) is 4.66. The number of rotatable bonds is 7. The van der Waals surface area contributed by atoms with Gasteiger partial charge in [-0.05, 0) is 19.9 Å². The first kappa shape index (κ1) is 16.8. The van der Waals surface area contributed by atoms with E-state index in [1.807, 2.05) is 0 Å². The summed E-state index contributed by atoms with van der Waals surface area (Å²) in [6, 6.07) is 5.19. The molecule has 0 aliphatic rings. The Bertz CT molecular complexity index is 525. The molecule has 0 heterocycles. The van der Waals surface area contributed by atoms with E-state index in [-0.39, 0.29) is 18.9 Å². The van der Waals surface area contributed by atoms with Crippen molar-refractivity contribution in [2.45, 2.75) is 20.3 Å². The number of aliphatic carboxylic acids is 1. The van der Waals surface area contributed by atoms with Crippen molar-refractivity contribution in [1.82, 2.24) is 5.32 Å². The topological polar surface area (TPSA) is 84.9 Å². The van der Waals surface area contributed by atoms with Crippen molar-refractivity contribution < 1.29 is 24.2 Å². The number of nitrogens with one attached hydrogen (secondary N) is 1. The minimum atomic E-state index is -1.00. The molecule has 0 aliphatic carbocycles. The number of carbonyl (C=O) groups excluding carboxylic acids is 1. The summed E-state index contributed by atoms with van der Waals surface area (Å²) in [7, 11) is 3.07. The molecule has 0 aliphatic heterocycles. The fourth-order valence-corrected chi connectivity index (χ4v) is 1.63. The summed E-state index contributed by atoms with van der Waals surface area (Å²) in [6.45, 7) is 3.19. The molecule has 116 valence electrons. The highest BCUT2D eigenvalue weighted by atomic mass is 16.5. The van der Waals surface area contributed by atoms with Crippen molar-refractivity contribution in [3.63, 3.8) is 0 Å². The molecule has 0 bridgehead atoms. The molecule has 0 saturated heterocycles. The van der Waals surface area contributed by atoms with E-state index in [4.69, 9.17) is 14.6 Å². The van der Waals surface area contributed by atoms with Gasteiger partial charge in [-0.2, -0.15) is 0 Å². The molecule has 0 unspecified atom stereocenters. The third-order valence-corrected chi connectivity index (χ3v) is 3.15. The summed E-state index contributed by atoms with van der Waals surface area (Å²) in [5, 5.41) is 11.6. The molecule has 0 spiro atoms. The van der Waals surface area contributed by atoms with E-state index in [0.717, 1.165) is 0 Å². The first-order valence-electron chi connectivity index (χ1n) is 6.51. The number of carbonyl (C=O) groups is 2. The molecule has 2 N–H and O–H groups in total. The standard InChI is InChI=1S/C15H21NO5/c1-15(2,14(18)19)9-16-13(17)7-10-5-6-11(20-3)8-12(10)21-4/h5-6,8H,7,9H2,1-4H3,(H,16,17)(H,18,19). The molecule has 0 atom stereocenters. The van der Waals surface area contributed by atoms with Gasteiger partial charge in [-0.1, -0.05) is 6.07 Å². The smallest absolute Gasteiger partial charge is 0.310 e. The van der Waals surface area contributed by atoms with Gasteiger partial charge in [0.15, 0.2) is 0 Å². The number of benzene rings is 1. The van der Waals surface area contributed by atoms with Crippen LogP contribution in [0, 0.1) is 5.41 Å². The Morgan fingerprint density at radius 1 is 1.24 bits per heavy atom. The van der Waals surface area contributed by atoms with Crippen LogP contribution < -0.4 is 14.8 Å². The van der Waals surface area contributed by atoms with Crippen molar-refractivity contribution in [3.05, 3.63) is 23.8 Å². The van der Waals surface area contributed by atoms with Gasteiger partial charge in [0.1, 0.15) is 11.5 Å². The molecule has 0 radical (unpaired) electrons. The second kappa shape index (κ2) is 6.97. The predicted molar refractivity (Wildman–Crippen MR) is 77.7 cm³/mol. The van der Waals surface area contributed by atoms with Gasteiger partial charge in [-0.3, -0.25) is 9.59 Å². The first-order chi connectivity index (χ1) is 9.80. The lowest BCUT2D eigenvalue weighted by Gasteiger charge is -2.19. The number of ether oxygens (including phenoxy) is 2. The van der Waals surface area contributed by atoms with Gasteiger partial charge in [-0.25, -0.2) is 0 Å². The highest BCUT2D eigenvalue weighted by molar-refractivity contribution is 5.81. The second-order valence-electron chi connectivity index (χ2n) is 5.32. The lowest BCUT2D eigenvalue weighted by molar-refractivity contribution is -0.146. The van der Waals surface area contributed by atoms with E-state index in [1.54, 1.807) is 39.2 Å². The summed E-state index contributed by atoms with van der Waals surface area (Å²) < 4.78 is 10.3. The van der Waals surface area contributed by atoms with Crippen molar-refractivity contribution in [2.24, 2.45) is 5.41 Å². The minimum Gasteiger partial charge on any atom is -0.497 e. The average Bonchev–Trinajstić information content (AvgIpc) is 2.45.